The van der Waals surface area contributed by atoms with Gasteiger partial charge in [-0.15, -0.1) is 11.6 Å². The maximum atomic E-state index is 5.68. The van der Waals surface area contributed by atoms with Crippen LogP contribution in [-0.2, 0) is 6.54 Å². The van der Waals surface area contributed by atoms with E-state index < -0.39 is 0 Å². The van der Waals surface area contributed by atoms with Gasteiger partial charge in [0.2, 0.25) is 0 Å². The van der Waals surface area contributed by atoms with Crippen LogP contribution in [0.3, 0.4) is 0 Å². The molecular weight excluding hydrogens is 298 g/mol. The molecule has 0 atom stereocenters. The van der Waals surface area contributed by atoms with Crippen molar-refractivity contribution in [2.45, 2.75) is 38.6 Å². The number of methoxy groups -OCH3 is 1. The number of hydrogen-bond donors (Lipinski definition) is 1. The average molecular weight is 324 g/mol. The van der Waals surface area contributed by atoms with E-state index in [1.807, 2.05) is 12.1 Å². The molecule has 0 unspecified atom stereocenters. The highest BCUT2D eigenvalue weighted by atomic mass is 35.5. The Hall–Kier alpha value is -1.19. The molecule has 0 saturated heterocycles. The number of hydrogen-bond acceptors (Lipinski definition) is 3. The molecule has 22 heavy (non-hydrogen) atoms. The minimum atomic E-state index is 0.612. The highest BCUT2D eigenvalue weighted by Gasteiger charge is 2.07. The highest BCUT2D eigenvalue weighted by Crippen LogP contribution is 2.28. The fraction of sp³-hybridized carbons (Fsp3) is 0.556. The maximum Gasteiger partial charge on any atom is 0.161 e. The first-order chi connectivity index (χ1) is 10.8. The molecule has 0 heterocycles. The number of halogens is 1. The standard InChI is InChI=1S/C18H26ClNO2/c1-21-18-13-16(7-8-17(18)22-12-4-10-19)14-20-11-9-15-5-2-3-6-15/h5,7-8,13,20H,2-4,6,9-12,14H2,1H3. The van der Waals surface area contributed by atoms with Crippen LogP contribution >= 0.6 is 11.6 Å². The predicted octanol–water partition coefficient (Wildman–Crippen LogP) is 4.29. The van der Waals surface area contributed by atoms with Gasteiger partial charge in [0, 0.05) is 12.4 Å². The third kappa shape index (κ3) is 5.54. The normalized spacial score (nSPS) is 14.0. The Kier molecular flexibility index (Phi) is 7.61. The van der Waals surface area contributed by atoms with Crippen molar-refractivity contribution >= 4 is 11.6 Å². The lowest BCUT2D eigenvalue weighted by Crippen LogP contribution is -2.15. The summed E-state index contributed by atoms with van der Waals surface area (Å²) < 4.78 is 11.1. The average Bonchev–Trinajstić information content (AvgIpc) is 3.06. The van der Waals surface area contributed by atoms with Gasteiger partial charge in [0.1, 0.15) is 0 Å². The van der Waals surface area contributed by atoms with E-state index in [0.29, 0.717) is 12.5 Å². The summed E-state index contributed by atoms with van der Waals surface area (Å²) in [7, 11) is 1.67. The van der Waals surface area contributed by atoms with Crippen molar-refractivity contribution in [2.24, 2.45) is 0 Å². The van der Waals surface area contributed by atoms with Crippen LogP contribution in [0.5, 0.6) is 11.5 Å². The molecule has 0 spiro atoms. The molecule has 2 rings (SSSR count). The van der Waals surface area contributed by atoms with Gasteiger partial charge in [-0.1, -0.05) is 17.7 Å². The third-order valence-electron chi connectivity index (χ3n) is 3.85. The first kappa shape index (κ1) is 17.2. The van der Waals surface area contributed by atoms with Crippen LogP contribution in [0, 0.1) is 0 Å². The van der Waals surface area contributed by atoms with E-state index in [0.717, 1.165) is 37.4 Å². The predicted molar refractivity (Wildman–Crippen MR) is 92.1 cm³/mol. The summed E-state index contributed by atoms with van der Waals surface area (Å²) >= 11 is 5.66. The minimum Gasteiger partial charge on any atom is -0.493 e. The zero-order chi connectivity index (χ0) is 15.6. The van der Waals surface area contributed by atoms with E-state index in [1.54, 1.807) is 12.7 Å². The Balaban J connectivity index is 1.78. The number of rotatable bonds is 10. The van der Waals surface area contributed by atoms with Gasteiger partial charge in [-0.05, 0) is 56.3 Å². The van der Waals surface area contributed by atoms with Crippen LogP contribution in [0.2, 0.25) is 0 Å². The molecule has 3 nitrogen and oxygen atoms in total. The molecular formula is C18H26ClNO2. The van der Waals surface area contributed by atoms with Crippen LogP contribution in [0.4, 0.5) is 0 Å². The summed E-state index contributed by atoms with van der Waals surface area (Å²) in [6.45, 7) is 2.50. The first-order valence-corrected chi connectivity index (χ1v) is 8.61. The van der Waals surface area contributed by atoms with Crippen molar-refractivity contribution in [3.8, 4) is 11.5 Å². The monoisotopic (exact) mass is 323 g/mol. The third-order valence-corrected chi connectivity index (χ3v) is 4.12. The van der Waals surface area contributed by atoms with Gasteiger partial charge in [-0.3, -0.25) is 0 Å². The zero-order valence-electron chi connectivity index (χ0n) is 13.4. The van der Waals surface area contributed by atoms with Gasteiger partial charge in [-0.2, -0.15) is 0 Å². The largest absolute Gasteiger partial charge is 0.493 e. The molecule has 1 N–H and O–H groups in total. The fourth-order valence-electron chi connectivity index (χ4n) is 2.62. The van der Waals surface area contributed by atoms with Gasteiger partial charge in [0.15, 0.2) is 11.5 Å². The van der Waals surface area contributed by atoms with E-state index in [1.165, 1.54) is 24.8 Å². The van der Waals surface area contributed by atoms with Gasteiger partial charge in [0.05, 0.1) is 13.7 Å². The van der Waals surface area contributed by atoms with Crippen LogP contribution < -0.4 is 14.8 Å². The number of benzene rings is 1. The Bertz CT molecular complexity index is 488. The number of nitrogens with one attached hydrogen (secondary N) is 1. The Morgan fingerprint density at radius 3 is 2.91 bits per heavy atom. The Labute approximate surface area is 138 Å². The van der Waals surface area contributed by atoms with E-state index in [4.69, 9.17) is 21.1 Å². The van der Waals surface area contributed by atoms with Gasteiger partial charge < -0.3 is 14.8 Å². The molecule has 0 fully saturated rings. The molecule has 0 saturated carbocycles. The van der Waals surface area contributed by atoms with Crippen molar-refractivity contribution in [3.63, 3.8) is 0 Å². The molecule has 1 aromatic rings. The molecule has 0 aromatic heterocycles. The minimum absolute atomic E-state index is 0.612. The summed E-state index contributed by atoms with van der Waals surface area (Å²) in [5.41, 5.74) is 2.81. The quantitative estimate of drug-likeness (QED) is 0.396. The van der Waals surface area contributed by atoms with Gasteiger partial charge >= 0.3 is 0 Å². The van der Waals surface area contributed by atoms with Crippen LogP contribution in [0.15, 0.2) is 29.8 Å². The van der Waals surface area contributed by atoms with Crippen molar-refractivity contribution in [1.29, 1.82) is 0 Å². The van der Waals surface area contributed by atoms with E-state index in [2.05, 4.69) is 17.5 Å². The molecule has 0 amide bonds. The molecule has 4 heteroatoms. The lowest BCUT2D eigenvalue weighted by molar-refractivity contribution is 0.294. The van der Waals surface area contributed by atoms with E-state index in [-0.39, 0.29) is 0 Å². The zero-order valence-corrected chi connectivity index (χ0v) is 14.1. The summed E-state index contributed by atoms with van der Waals surface area (Å²) in [5, 5.41) is 3.50. The maximum absolute atomic E-state index is 5.68. The fourth-order valence-corrected chi connectivity index (χ4v) is 2.73. The number of ether oxygens (including phenoxy) is 2. The highest BCUT2D eigenvalue weighted by molar-refractivity contribution is 6.17. The number of alkyl halides is 1. The van der Waals surface area contributed by atoms with Crippen LogP contribution in [-0.4, -0.2) is 26.1 Å². The first-order valence-electron chi connectivity index (χ1n) is 8.08. The molecule has 1 aliphatic carbocycles. The molecule has 1 aromatic carbocycles. The topological polar surface area (TPSA) is 30.5 Å². The second-order valence-electron chi connectivity index (χ2n) is 5.56. The van der Waals surface area contributed by atoms with E-state index >= 15 is 0 Å². The molecule has 122 valence electrons. The smallest absolute Gasteiger partial charge is 0.161 e. The van der Waals surface area contributed by atoms with Gasteiger partial charge in [0.25, 0.3) is 0 Å². The second kappa shape index (κ2) is 9.75. The van der Waals surface area contributed by atoms with Gasteiger partial charge in [-0.25, -0.2) is 0 Å². The molecule has 1 aliphatic rings. The summed E-state index contributed by atoms with van der Waals surface area (Å²) in [6.07, 6.45) is 8.26. The van der Waals surface area contributed by atoms with E-state index in [9.17, 15) is 0 Å². The van der Waals surface area contributed by atoms with Crippen molar-refractivity contribution in [2.75, 3.05) is 26.1 Å². The Morgan fingerprint density at radius 1 is 1.27 bits per heavy atom. The molecule has 0 radical (unpaired) electrons. The van der Waals surface area contributed by atoms with Crippen molar-refractivity contribution < 1.29 is 9.47 Å². The lowest BCUT2D eigenvalue weighted by Gasteiger charge is -2.12. The summed E-state index contributed by atoms with van der Waals surface area (Å²) in [5.74, 6) is 2.18. The van der Waals surface area contributed by atoms with Crippen LogP contribution in [0.25, 0.3) is 0 Å². The van der Waals surface area contributed by atoms with Crippen molar-refractivity contribution in [3.05, 3.63) is 35.4 Å². The Morgan fingerprint density at radius 2 is 2.18 bits per heavy atom. The molecule has 0 bridgehead atoms. The summed E-state index contributed by atoms with van der Waals surface area (Å²) in [4.78, 5) is 0. The lowest BCUT2D eigenvalue weighted by atomic mass is 10.1. The molecule has 0 aliphatic heterocycles. The SMILES string of the molecule is COc1cc(CNCCC2=CCCC2)ccc1OCCCCl. The van der Waals surface area contributed by atoms with Crippen molar-refractivity contribution in [1.82, 2.24) is 5.32 Å². The van der Waals surface area contributed by atoms with Crippen LogP contribution in [0.1, 0.15) is 37.7 Å². The summed E-state index contributed by atoms with van der Waals surface area (Å²) in [6, 6.07) is 6.10. The second-order valence-corrected chi connectivity index (χ2v) is 5.94. The number of allylic oxidation sites excluding steroid dienone is 1.